The van der Waals surface area contributed by atoms with E-state index in [9.17, 15) is 0 Å². The Kier molecular flexibility index (Phi) is 5.93. The molecule has 1 aromatic rings. The van der Waals surface area contributed by atoms with Gasteiger partial charge < -0.3 is 10.1 Å². The molecule has 0 saturated carbocycles. The summed E-state index contributed by atoms with van der Waals surface area (Å²) in [7, 11) is 0. The SMILES string of the molecule is C=C(CC)COc1c(C)cc(CNCC)cc1C. The van der Waals surface area contributed by atoms with Crippen LogP contribution in [-0.2, 0) is 6.54 Å². The maximum absolute atomic E-state index is 5.86. The van der Waals surface area contributed by atoms with Crippen LogP contribution in [0.15, 0.2) is 24.3 Å². The average molecular weight is 247 g/mol. The number of nitrogens with one attached hydrogen (secondary N) is 1. The first-order chi connectivity index (χ1) is 8.58. The Morgan fingerprint density at radius 2 is 1.83 bits per heavy atom. The van der Waals surface area contributed by atoms with Crippen LogP contribution < -0.4 is 10.1 Å². The van der Waals surface area contributed by atoms with Crippen LogP contribution in [0.25, 0.3) is 0 Å². The molecule has 0 aliphatic rings. The van der Waals surface area contributed by atoms with Gasteiger partial charge in [-0.3, -0.25) is 0 Å². The Morgan fingerprint density at radius 1 is 1.22 bits per heavy atom. The number of benzene rings is 1. The van der Waals surface area contributed by atoms with E-state index in [1.165, 1.54) is 16.7 Å². The van der Waals surface area contributed by atoms with Crippen molar-refractivity contribution in [1.82, 2.24) is 5.32 Å². The quantitative estimate of drug-likeness (QED) is 0.741. The predicted octanol–water partition coefficient (Wildman–Crippen LogP) is 3.76. The van der Waals surface area contributed by atoms with Crippen molar-refractivity contribution in [2.24, 2.45) is 0 Å². The standard InChI is InChI=1S/C16H25NO/c1-6-12(3)11-18-16-13(4)8-15(9-14(16)5)10-17-7-2/h8-9,17H,3,6-7,10-11H2,1-2,4-5H3. The third kappa shape index (κ3) is 4.19. The van der Waals surface area contributed by atoms with Crippen molar-refractivity contribution >= 4 is 0 Å². The van der Waals surface area contributed by atoms with Crippen molar-refractivity contribution < 1.29 is 4.74 Å². The van der Waals surface area contributed by atoms with Crippen LogP contribution in [0.3, 0.4) is 0 Å². The van der Waals surface area contributed by atoms with Crippen molar-refractivity contribution in [3.05, 3.63) is 41.0 Å². The van der Waals surface area contributed by atoms with E-state index < -0.39 is 0 Å². The van der Waals surface area contributed by atoms with Gasteiger partial charge >= 0.3 is 0 Å². The van der Waals surface area contributed by atoms with E-state index in [0.29, 0.717) is 6.61 Å². The van der Waals surface area contributed by atoms with Crippen molar-refractivity contribution in [2.45, 2.75) is 40.7 Å². The molecule has 100 valence electrons. The highest BCUT2D eigenvalue weighted by atomic mass is 16.5. The van der Waals surface area contributed by atoms with Crippen molar-refractivity contribution in [1.29, 1.82) is 0 Å². The summed E-state index contributed by atoms with van der Waals surface area (Å²) in [6, 6.07) is 4.39. The fraction of sp³-hybridized carbons (Fsp3) is 0.500. The van der Waals surface area contributed by atoms with Gasteiger partial charge in [0.25, 0.3) is 0 Å². The third-order valence-electron chi connectivity index (χ3n) is 3.02. The Morgan fingerprint density at radius 3 is 2.33 bits per heavy atom. The predicted molar refractivity (Wildman–Crippen MR) is 78.2 cm³/mol. The molecular formula is C16H25NO. The maximum atomic E-state index is 5.86. The summed E-state index contributed by atoms with van der Waals surface area (Å²) in [4.78, 5) is 0. The molecule has 0 unspecified atom stereocenters. The lowest BCUT2D eigenvalue weighted by atomic mass is 10.1. The summed E-state index contributed by atoms with van der Waals surface area (Å²) in [5, 5.41) is 3.34. The molecule has 0 heterocycles. The van der Waals surface area contributed by atoms with Gasteiger partial charge in [-0.25, -0.2) is 0 Å². The Balaban J connectivity index is 2.77. The molecule has 1 aromatic carbocycles. The van der Waals surface area contributed by atoms with Gasteiger partial charge in [-0.1, -0.05) is 32.6 Å². The smallest absolute Gasteiger partial charge is 0.125 e. The molecule has 0 atom stereocenters. The maximum Gasteiger partial charge on any atom is 0.125 e. The van der Waals surface area contributed by atoms with Crippen molar-refractivity contribution in [3.63, 3.8) is 0 Å². The molecule has 0 aromatic heterocycles. The van der Waals surface area contributed by atoms with Gasteiger partial charge in [0.1, 0.15) is 12.4 Å². The molecule has 1 N–H and O–H groups in total. The molecule has 18 heavy (non-hydrogen) atoms. The van der Waals surface area contributed by atoms with Crippen molar-refractivity contribution in [2.75, 3.05) is 13.2 Å². The van der Waals surface area contributed by atoms with Crippen LogP contribution in [0, 0.1) is 13.8 Å². The fourth-order valence-corrected chi connectivity index (χ4v) is 1.92. The minimum Gasteiger partial charge on any atom is -0.489 e. The van der Waals surface area contributed by atoms with E-state index >= 15 is 0 Å². The van der Waals surface area contributed by atoms with E-state index in [2.05, 4.69) is 51.7 Å². The molecule has 1 rings (SSSR count). The zero-order valence-electron chi connectivity index (χ0n) is 12.1. The van der Waals surface area contributed by atoms with Gasteiger partial charge in [0.15, 0.2) is 0 Å². The second kappa shape index (κ2) is 7.22. The van der Waals surface area contributed by atoms with Gasteiger partial charge in [0.05, 0.1) is 0 Å². The molecule has 0 amide bonds. The number of aryl methyl sites for hydroxylation is 2. The van der Waals surface area contributed by atoms with E-state index in [1.807, 2.05) is 0 Å². The van der Waals surface area contributed by atoms with Crippen LogP contribution in [0.2, 0.25) is 0 Å². The van der Waals surface area contributed by atoms with E-state index in [0.717, 1.165) is 30.8 Å². The average Bonchev–Trinajstić information content (AvgIpc) is 2.34. The second-order valence-electron chi connectivity index (χ2n) is 4.73. The number of ether oxygens (including phenoxy) is 1. The lowest BCUT2D eigenvalue weighted by Gasteiger charge is -2.15. The lowest BCUT2D eigenvalue weighted by molar-refractivity contribution is 0.344. The molecular weight excluding hydrogens is 222 g/mol. The molecule has 0 fully saturated rings. The monoisotopic (exact) mass is 247 g/mol. The van der Waals surface area contributed by atoms with E-state index in [1.54, 1.807) is 0 Å². The number of rotatable bonds is 7. The summed E-state index contributed by atoms with van der Waals surface area (Å²) >= 11 is 0. The minimum absolute atomic E-state index is 0.616. The molecule has 0 radical (unpaired) electrons. The molecule has 0 aliphatic heterocycles. The van der Waals surface area contributed by atoms with Crippen LogP contribution in [0.4, 0.5) is 0 Å². The minimum atomic E-state index is 0.616. The summed E-state index contributed by atoms with van der Waals surface area (Å²) in [5.74, 6) is 1.00. The largest absolute Gasteiger partial charge is 0.489 e. The number of hydrogen-bond donors (Lipinski definition) is 1. The van der Waals surface area contributed by atoms with E-state index in [-0.39, 0.29) is 0 Å². The van der Waals surface area contributed by atoms with Crippen LogP contribution in [0.1, 0.15) is 37.0 Å². The highest BCUT2D eigenvalue weighted by Crippen LogP contribution is 2.25. The third-order valence-corrected chi connectivity index (χ3v) is 3.02. The zero-order valence-corrected chi connectivity index (χ0v) is 12.1. The highest BCUT2D eigenvalue weighted by Gasteiger charge is 2.06. The molecule has 0 bridgehead atoms. The van der Waals surface area contributed by atoms with Crippen LogP contribution in [0.5, 0.6) is 5.75 Å². The Hall–Kier alpha value is -1.28. The van der Waals surface area contributed by atoms with Gasteiger partial charge in [-0.05, 0) is 49.1 Å². The van der Waals surface area contributed by atoms with Gasteiger partial charge in [0, 0.05) is 6.54 Å². The van der Waals surface area contributed by atoms with Crippen LogP contribution >= 0.6 is 0 Å². The fourth-order valence-electron chi connectivity index (χ4n) is 1.92. The lowest BCUT2D eigenvalue weighted by Crippen LogP contribution is -2.12. The molecule has 0 aliphatic carbocycles. The molecule has 0 spiro atoms. The Labute approximate surface area is 111 Å². The molecule has 0 saturated heterocycles. The van der Waals surface area contributed by atoms with Gasteiger partial charge in [-0.15, -0.1) is 0 Å². The normalized spacial score (nSPS) is 10.4. The topological polar surface area (TPSA) is 21.3 Å². The number of hydrogen-bond acceptors (Lipinski definition) is 2. The first kappa shape index (κ1) is 14.8. The highest BCUT2D eigenvalue weighted by molar-refractivity contribution is 5.43. The summed E-state index contributed by atoms with van der Waals surface area (Å²) in [6.45, 7) is 14.9. The Bertz CT molecular complexity index is 387. The van der Waals surface area contributed by atoms with E-state index in [4.69, 9.17) is 4.74 Å². The van der Waals surface area contributed by atoms with Gasteiger partial charge in [0.2, 0.25) is 0 Å². The van der Waals surface area contributed by atoms with Gasteiger partial charge in [-0.2, -0.15) is 0 Å². The second-order valence-corrected chi connectivity index (χ2v) is 4.73. The summed E-state index contributed by atoms with van der Waals surface area (Å²) < 4.78 is 5.86. The van der Waals surface area contributed by atoms with Crippen LogP contribution in [-0.4, -0.2) is 13.2 Å². The molecule has 2 nitrogen and oxygen atoms in total. The first-order valence-electron chi connectivity index (χ1n) is 6.68. The summed E-state index contributed by atoms with van der Waals surface area (Å²) in [5.41, 5.74) is 4.85. The first-order valence-corrected chi connectivity index (χ1v) is 6.68. The van der Waals surface area contributed by atoms with Crippen molar-refractivity contribution in [3.8, 4) is 5.75 Å². The zero-order chi connectivity index (χ0) is 13.5. The summed E-state index contributed by atoms with van der Waals surface area (Å²) in [6.07, 6.45) is 0.969. The molecule has 2 heteroatoms.